The number of benzene rings is 1. The highest BCUT2D eigenvalue weighted by Crippen LogP contribution is 2.32. The Hall–Kier alpha value is -1.39. The summed E-state index contributed by atoms with van der Waals surface area (Å²) in [7, 11) is 0. The summed E-state index contributed by atoms with van der Waals surface area (Å²) in [6.45, 7) is 5.61. The van der Waals surface area contributed by atoms with Crippen LogP contribution < -0.4 is 5.73 Å². The number of hydrogen-bond acceptors (Lipinski definition) is 3. The lowest BCUT2D eigenvalue weighted by Gasteiger charge is -2.24. The smallest absolute Gasteiger partial charge is 0.132 e. The van der Waals surface area contributed by atoms with E-state index < -0.39 is 5.54 Å². The van der Waals surface area contributed by atoms with Gasteiger partial charge in [0.15, 0.2) is 0 Å². The summed E-state index contributed by atoms with van der Waals surface area (Å²) in [4.78, 5) is 4.75. The summed E-state index contributed by atoms with van der Waals surface area (Å²) in [6.07, 6.45) is 0.836. The van der Waals surface area contributed by atoms with Crippen molar-refractivity contribution in [2.24, 2.45) is 5.73 Å². The third-order valence-electron chi connectivity index (χ3n) is 3.61. The van der Waals surface area contributed by atoms with Gasteiger partial charge in [0.2, 0.25) is 0 Å². The van der Waals surface area contributed by atoms with Gasteiger partial charge < -0.3 is 15.0 Å². The summed E-state index contributed by atoms with van der Waals surface area (Å²) >= 11 is 0. The SMILES string of the molecule is CC(C)n1c(C2(N)CCOC2)nc2ccccc21. The zero-order valence-corrected chi connectivity index (χ0v) is 10.9. The molecule has 1 aliphatic rings. The number of fused-ring (bicyclic) bond motifs is 1. The second kappa shape index (κ2) is 4.07. The van der Waals surface area contributed by atoms with Crippen LogP contribution in [-0.4, -0.2) is 22.8 Å². The van der Waals surface area contributed by atoms with E-state index in [1.807, 2.05) is 18.2 Å². The van der Waals surface area contributed by atoms with E-state index in [1.165, 1.54) is 0 Å². The Labute approximate surface area is 107 Å². The minimum atomic E-state index is -0.441. The van der Waals surface area contributed by atoms with Crippen LogP contribution in [0.2, 0.25) is 0 Å². The monoisotopic (exact) mass is 245 g/mol. The van der Waals surface area contributed by atoms with Gasteiger partial charge in [0.1, 0.15) is 11.4 Å². The Balaban J connectivity index is 2.24. The average molecular weight is 245 g/mol. The zero-order chi connectivity index (χ0) is 12.8. The van der Waals surface area contributed by atoms with E-state index in [9.17, 15) is 0 Å². The van der Waals surface area contributed by atoms with Crippen molar-refractivity contribution >= 4 is 11.0 Å². The van der Waals surface area contributed by atoms with Gasteiger partial charge in [-0.15, -0.1) is 0 Å². The van der Waals surface area contributed by atoms with Crippen molar-refractivity contribution in [1.82, 2.24) is 9.55 Å². The van der Waals surface area contributed by atoms with Crippen LogP contribution in [0, 0.1) is 0 Å². The van der Waals surface area contributed by atoms with Gasteiger partial charge in [-0.1, -0.05) is 12.1 Å². The molecule has 1 aliphatic heterocycles. The number of rotatable bonds is 2. The Morgan fingerprint density at radius 3 is 2.83 bits per heavy atom. The Morgan fingerprint density at radius 2 is 2.17 bits per heavy atom. The third-order valence-corrected chi connectivity index (χ3v) is 3.61. The lowest BCUT2D eigenvalue weighted by molar-refractivity contribution is 0.175. The van der Waals surface area contributed by atoms with Crippen LogP contribution in [-0.2, 0) is 10.3 Å². The second-order valence-corrected chi connectivity index (χ2v) is 5.35. The van der Waals surface area contributed by atoms with E-state index in [1.54, 1.807) is 0 Å². The van der Waals surface area contributed by atoms with Gasteiger partial charge in [0, 0.05) is 12.6 Å². The molecule has 1 aromatic heterocycles. The first-order valence-electron chi connectivity index (χ1n) is 6.46. The first-order valence-corrected chi connectivity index (χ1v) is 6.46. The normalized spacial score (nSPS) is 24.2. The molecule has 3 rings (SSSR count). The summed E-state index contributed by atoms with van der Waals surface area (Å²) in [5.74, 6) is 0.955. The maximum absolute atomic E-state index is 6.47. The molecule has 0 aliphatic carbocycles. The minimum Gasteiger partial charge on any atom is -0.379 e. The van der Waals surface area contributed by atoms with Crippen molar-refractivity contribution < 1.29 is 4.74 Å². The Morgan fingerprint density at radius 1 is 1.39 bits per heavy atom. The molecular formula is C14H19N3O. The standard InChI is InChI=1S/C14H19N3O/c1-10(2)17-12-6-4-3-5-11(12)16-13(17)14(15)7-8-18-9-14/h3-6,10H,7-9,15H2,1-2H3. The van der Waals surface area contributed by atoms with Crippen molar-refractivity contribution in [3.05, 3.63) is 30.1 Å². The molecule has 0 amide bonds. The van der Waals surface area contributed by atoms with Gasteiger partial charge in [-0.25, -0.2) is 4.98 Å². The molecule has 1 aromatic carbocycles. The van der Waals surface area contributed by atoms with Gasteiger partial charge in [0.25, 0.3) is 0 Å². The number of nitrogens with two attached hydrogens (primary N) is 1. The third kappa shape index (κ3) is 1.64. The maximum Gasteiger partial charge on any atom is 0.132 e. The first-order chi connectivity index (χ1) is 8.62. The predicted octanol–water partition coefficient (Wildman–Crippen LogP) is 2.19. The number of hydrogen-bond donors (Lipinski definition) is 1. The molecule has 1 unspecified atom stereocenters. The number of ether oxygens (including phenoxy) is 1. The molecule has 1 saturated heterocycles. The van der Waals surface area contributed by atoms with Gasteiger partial charge in [-0.2, -0.15) is 0 Å². The van der Waals surface area contributed by atoms with Crippen molar-refractivity contribution in [2.45, 2.75) is 31.8 Å². The fourth-order valence-electron chi connectivity index (χ4n) is 2.68. The predicted molar refractivity (Wildman–Crippen MR) is 71.4 cm³/mol. The largest absolute Gasteiger partial charge is 0.379 e. The van der Waals surface area contributed by atoms with Gasteiger partial charge in [-0.05, 0) is 32.4 Å². The van der Waals surface area contributed by atoms with Crippen LogP contribution in [0.15, 0.2) is 24.3 Å². The number of aromatic nitrogens is 2. The molecule has 4 heteroatoms. The Bertz CT molecular complexity index is 567. The van der Waals surface area contributed by atoms with Crippen LogP contribution >= 0.6 is 0 Å². The molecule has 2 N–H and O–H groups in total. The molecule has 18 heavy (non-hydrogen) atoms. The molecule has 0 spiro atoms. The molecule has 96 valence electrons. The highest BCUT2D eigenvalue weighted by Gasteiger charge is 2.37. The van der Waals surface area contributed by atoms with Crippen LogP contribution in [0.4, 0.5) is 0 Å². The summed E-state index contributed by atoms with van der Waals surface area (Å²) in [6, 6.07) is 8.54. The molecule has 1 fully saturated rings. The lowest BCUT2D eigenvalue weighted by atomic mass is 9.99. The Kier molecular flexibility index (Phi) is 2.64. The van der Waals surface area contributed by atoms with Crippen LogP contribution in [0.25, 0.3) is 11.0 Å². The second-order valence-electron chi connectivity index (χ2n) is 5.35. The van der Waals surface area contributed by atoms with E-state index in [4.69, 9.17) is 15.5 Å². The van der Waals surface area contributed by atoms with Crippen LogP contribution in [0.3, 0.4) is 0 Å². The highest BCUT2D eigenvalue weighted by atomic mass is 16.5. The lowest BCUT2D eigenvalue weighted by Crippen LogP contribution is -2.40. The van der Waals surface area contributed by atoms with E-state index >= 15 is 0 Å². The number of nitrogens with zero attached hydrogens (tertiary/aromatic N) is 2. The van der Waals surface area contributed by atoms with E-state index in [0.29, 0.717) is 12.6 Å². The molecule has 4 nitrogen and oxygen atoms in total. The topological polar surface area (TPSA) is 53.1 Å². The maximum atomic E-state index is 6.47. The van der Waals surface area contributed by atoms with Gasteiger partial charge >= 0.3 is 0 Å². The number of para-hydroxylation sites is 2. The fourth-order valence-corrected chi connectivity index (χ4v) is 2.68. The molecule has 2 heterocycles. The molecule has 2 aromatic rings. The molecule has 1 atom stereocenters. The average Bonchev–Trinajstić information content (AvgIpc) is 2.93. The minimum absolute atomic E-state index is 0.341. The van der Waals surface area contributed by atoms with E-state index in [0.717, 1.165) is 29.9 Å². The zero-order valence-electron chi connectivity index (χ0n) is 10.9. The van der Waals surface area contributed by atoms with Gasteiger partial charge in [0.05, 0.1) is 17.6 Å². The van der Waals surface area contributed by atoms with Crippen molar-refractivity contribution in [3.8, 4) is 0 Å². The van der Waals surface area contributed by atoms with Crippen LogP contribution in [0.1, 0.15) is 32.1 Å². The van der Waals surface area contributed by atoms with E-state index in [-0.39, 0.29) is 0 Å². The summed E-state index contributed by atoms with van der Waals surface area (Å²) in [5, 5.41) is 0. The number of imidazole rings is 1. The van der Waals surface area contributed by atoms with Crippen molar-refractivity contribution in [2.75, 3.05) is 13.2 Å². The van der Waals surface area contributed by atoms with Gasteiger partial charge in [-0.3, -0.25) is 0 Å². The quantitative estimate of drug-likeness (QED) is 0.882. The fraction of sp³-hybridized carbons (Fsp3) is 0.500. The van der Waals surface area contributed by atoms with Crippen molar-refractivity contribution in [1.29, 1.82) is 0 Å². The summed E-state index contributed by atoms with van der Waals surface area (Å²) in [5.41, 5.74) is 8.20. The van der Waals surface area contributed by atoms with Crippen molar-refractivity contribution in [3.63, 3.8) is 0 Å². The van der Waals surface area contributed by atoms with Crippen LogP contribution in [0.5, 0.6) is 0 Å². The molecule has 0 saturated carbocycles. The first kappa shape index (κ1) is 11.7. The summed E-state index contributed by atoms with van der Waals surface area (Å²) < 4.78 is 7.71. The molecule has 0 radical (unpaired) electrons. The molecular weight excluding hydrogens is 226 g/mol. The highest BCUT2D eigenvalue weighted by molar-refractivity contribution is 5.76. The van der Waals surface area contributed by atoms with E-state index in [2.05, 4.69) is 24.5 Å². The molecule has 0 bridgehead atoms.